The van der Waals surface area contributed by atoms with Crippen LogP contribution in [0.4, 0.5) is 5.13 Å². The van der Waals surface area contributed by atoms with Crippen LogP contribution < -0.4 is 9.64 Å². The van der Waals surface area contributed by atoms with E-state index in [4.69, 9.17) is 9.72 Å². The molecule has 0 unspecified atom stereocenters. The number of aromatic nitrogens is 1. The van der Waals surface area contributed by atoms with E-state index in [2.05, 4.69) is 29.7 Å². The normalized spacial score (nSPS) is 16.3. The SMILES string of the molecule is COc1ccc2nc(N3CCN(C(C)C)CC3)sc2c1.Cl. The van der Waals surface area contributed by atoms with Gasteiger partial charge in [0.15, 0.2) is 5.13 Å². The van der Waals surface area contributed by atoms with Gasteiger partial charge in [-0.3, -0.25) is 4.90 Å². The summed E-state index contributed by atoms with van der Waals surface area (Å²) in [5, 5.41) is 1.14. The van der Waals surface area contributed by atoms with Crippen LogP contribution in [-0.2, 0) is 0 Å². The fourth-order valence-corrected chi connectivity index (χ4v) is 3.63. The third-order valence-corrected chi connectivity index (χ3v) is 4.98. The highest BCUT2D eigenvalue weighted by Gasteiger charge is 2.21. The molecule has 6 heteroatoms. The largest absolute Gasteiger partial charge is 0.497 e. The summed E-state index contributed by atoms with van der Waals surface area (Å²) in [6, 6.07) is 6.72. The number of methoxy groups -OCH3 is 1. The van der Waals surface area contributed by atoms with E-state index >= 15 is 0 Å². The van der Waals surface area contributed by atoms with Crippen molar-refractivity contribution in [1.82, 2.24) is 9.88 Å². The number of rotatable bonds is 3. The zero-order chi connectivity index (χ0) is 14.1. The second-order valence-electron chi connectivity index (χ2n) is 5.45. The maximum atomic E-state index is 5.28. The van der Waals surface area contributed by atoms with Gasteiger partial charge in [-0.1, -0.05) is 11.3 Å². The molecule has 1 saturated heterocycles. The second kappa shape index (κ2) is 6.81. The molecule has 21 heavy (non-hydrogen) atoms. The molecule has 2 heterocycles. The van der Waals surface area contributed by atoms with Crippen molar-refractivity contribution in [2.24, 2.45) is 0 Å². The molecule has 1 aliphatic heterocycles. The highest BCUT2D eigenvalue weighted by molar-refractivity contribution is 7.22. The standard InChI is InChI=1S/C15H21N3OS.ClH/c1-11(2)17-6-8-18(9-7-17)15-16-13-5-4-12(19-3)10-14(13)20-15;/h4-5,10-11H,6-9H2,1-3H3;1H. The zero-order valence-electron chi connectivity index (χ0n) is 12.7. The molecule has 0 N–H and O–H groups in total. The maximum Gasteiger partial charge on any atom is 0.186 e. The molecule has 116 valence electrons. The molecule has 0 atom stereocenters. The maximum absolute atomic E-state index is 5.28. The van der Waals surface area contributed by atoms with Crippen molar-refractivity contribution >= 4 is 39.1 Å². The van der Waals surface area contributed by atoms with Gasteiger partial charge in [0.05, 0.1) is 17.3 Å². The Morgan fingerprint density at radius 1 is 1.19 bits per heavy atom. The number of nitrogens with zero attached hydrogens (tertiary/aromatic N) is 3. The molecule has 1 aromatic heterocycles. The Hall–Kier alpha value is -1.04. The number of fused-ring (bicyclic) bond motifs is 1. The van der Waals surface area contributed by atoms with Crippen LogP contribution in [0.5, 0.6) is 5.75 Å². The topological polar surface area (TPSA) is 28.6 Å². The van der Waals surface area contributed by atoms with E-state index in [0.717, 1.165) is 42.6 Å². The fraction of sp³-hybridized carbons (Fsp3) is 0.533. The molecule has 1 aromatic carbocycles. The Balaban J connectivity index is 0.00000161. The molecule has 1 aliphatic rings. The first kappa shape index (κ1) is 16.3. The van der Waals surface area contributed by atoms with Gasteiger partial charge < -0.3 is 9.64 Å². The Labute approximate surface area is 136 Å². The summed E-state index contributed by atoms with van der Waals surface area (Å²) in [6.07, 6.45) is 0. The van der Waals surface area contributed by atoms with Crippen LogP contribution in [0, 0.1) is 0 Å². The van der Waals surface area contributed by atoms with Gasteiger partial charge in [-0.05, 0) is 32.0 Å². The fourth-order valence-electron chi connectivity index (χ4n) is 2.58. The van der Waals surface area contributed by atoms with E-state index < -0.39 is 0 Å². The van der Waals surface area contributed by atoms with Crippen molar-refractivity contribution in [1.29, 1.82) is 0 Å². The summed E-state index contributed by atoms with van der Waals surface area (Å²) >= 11 is 1.76. The number of ether oxygens (including phenoxy) is 1. The lowest BCUT2D eigenvalue weighted by atomic mass is 10.2. The minimum absolute atomic E-state index is 0. The van der Waals surface area contributed by atoms with Gasteiger partial charge in [0.1, 0.15) is 5.75 Å². The Kier molecular flexibility index (Phi) is 5.30. The van der Waals surface area contributed by atoms with Crippen molar-refractivity contribution in [2.45, 2.75) is 19.9 Å². The molecule has 4 nitrogen and oxygen atoms in total. The summed E-state index contributed by atoms with van der Waals surface area (Å²) in [4.78, 5) is 9.67. The third kappa shape index (κ3) is 3.42. The van der Waals surface area contributed by atoms with Crippen molar-refractivity contribution < 1.29 is 4.74 Å². The summed E-state index contributed by atoms with van der Waals surface area (Å²) in [5.41, 5.74) is 1.07. The van der Waals surface area contributed by atoms with Crippen molar-refractivity contribution in [3.8, 4) is 5.75 Å². The van der Waals surface area contributed by atoms with E-state index in [1.165, 1.54) is 4.70 Å². The molecular formula is C15H22ClN3OS. The van der Waals surface area contributed by atoms with Crippen LogP contribution in [0.15, 0.2) is 18.2 Å². The molecule has 2 aromatic rings. The van der Waals surface area contributed by atoms with Gasteiger partial charge in [0.2, 0.25) is 0 Å². The third-order valence-electron chi connectivity index (χ3n) is 3.90. The smallest absolute Gasteiger partial charge is 0.186 e. The highest BCUT2D eigenvalue weighted by Crippen LogP contribution is 2.31. The van der Waals surface area contributed by atoms with Crippen LogP contribution in [0.2, 0.25) is 0 Å². The number of piperazine rings is 1. The summed E-state index contributed by atoms with van der Waals surface area (Å²) in [7, 11) is 1.70. The minimum Gasteiger partial charge on any atom is -0.497 e. The number of hydrogen-bond donors (Lipinski definition) is 0. The Morgan fingerprint density at radius 2 is 1.90 bits per heavy atom. The average molecular weight is 328 g/mol. The van der Waals surface area contributed by atoms with Gasteiger partial charge in [0.25, 0.3) is 0 Å². The van der Waals surface area contributed by atoms with Gasteiger partial charge in [-0.2, -0.15) is 0 Å². The van der Waals surface area contributed by atoms with Crippen LogP contribution in [-0.4, -0.2) is 49.2 Å². The van der Waals surface area contributed by atoms with Crippen molar-refractivity contribution in [3.63, 3.8) is 0 Å². The number of anilines is 1. The van der Waals surface area contributed by atoms with Crippen molar-refractivity contribution in [3.05, 3.63) is 18.2 Å². The number of halogens is 1. The van der Waals surface area contributed by atoms with Crippen LogP contribution in [0.25, 0.3) is 10.2 Å². The monoisotopic (exact) mass is 327 g/mol. The minimum atomic E-state index is 0. The summed E-state index contributed by atoms with van der Waals surface area (Å²) in [6.45, 7) is 8.90. The highest BCUT2D eigenvalue weighted by atomic mass is 35.5. The molecule has 0 amide bonds. The van der Waals surface area contributed by atoms with Crippen LogP contribution >= 0.6 is 23.7 Å². The number of thiazole rings is 1. The summed E-state index contributed by atoms with van der Waals surface area (Å²) < 4.78 is 6.48. The van der Waals surface area contributed by atoms with E-state index in [0.29, 0.717) is 6.04 Å². The summed E-state index contributed by atoms with van der Waals surface area (Å²) in [5.74, 6) is 0.900. The molecule has 0 bridgehead atoms. The molecular weight excluding hydrogens is 306 g/mol. The number of benzene rings is 1. The van der Waals surface area contributed by atoms with E-state index in [1.54, 1.807) is 18.4 Å². The lowest BCUT2D eigenvalue weighted by Gasteiger charge is -2.36. The van der Waals surface area contributed by atoms with Gasteiger partial charge in [0, 0.05) is 32.2 Å². The molecule has 0 aliphatic carbocycles. The predicted molar refractivity (Wildman–Crippen MR) is 92.3 cm³/mol. The van der Waals surface area contributed by atoms with Crippen LogP contribution in [0.3, 0.4) is 0 Å². The molecule has 0 spiro atoms. The average Bonchev–Trinajstić information content (AvgIpc) is 2.90. The first-order valence-electron chi connectivity index (χ1n) is 7.11. The first-order valence-corrected chi connectivity index (χ1v) is 7.92. The van der Waals surface area contributed by atoms with Gasteiger partial charge >= 0.3 is 0 Å². The second-order valence-corrected chi connectivity index (χ2v) is 6.46. The van der Waals surface area contributed by atoms with E-state index in [9.17, 15) is 0 Å². The molecule has 0 saturated carbocycles. The molecule has 1 fully saturated rings. The van der Waals surface area contributed by atoms with E-state index in [-0.39, 0.29) is 12.4 Å². The zero-order valence-corrected chi connectivity index (χ0v) is 14.3. The first-order chi connectivity index (χ1) is 9.67. The van der Waals surface area contributed by atoms with Crippen LogP contribution in [0.1, 0.15) is 13.8 Å². The quantitative estimate of drug-likeness (QED) is 0.865. The number of hydrogen-bond acceptors (Lipinski definition) is 5. The van der Waals surface area contributed by atoms with Gasteiger partial charge in [-0.15, -0.1) is 12.4 Å². The molecule has 0 radical (unpaired) electrons. The Morgan fingerprint density at radius 3 is 2.52 bits per heavy atom. The Bertz CT molecular complexity index is 594. The van der Waals surface area contributed by atoms with Crippen molar-refractivity contribution in [2.75, 3.05) is 38.2 Å². The molecule has 3 rings (SSSR count). The van der Waals surface area contributed by atoms with Gasteiger partial charge in [-0.25, -0.2) is 4.98 Å². The lowest BCUT2D eigenvalue weighted by molar-refractivity contribution is 0.209. The van der Waals surface area contributed by atoms with E-state index in [1.807, 2.05) is 12.1 Å². The lowest BCUT2D eigenvalue weighted by Crippen LogP contribution is -2.48. The predicted octanol–water partition coefficient (Wildman–Crippen LogP) is 3.26.